The Morgan fingerprint density at radius 1 is 1.30 bits per heavy atom. The number of benzene rings is 1. The number of nitrogen functional groups attached to an aromatic ring is 1. The number of nitrogens with zero attached hydrogens (tertiary/aromatic N) is 3. The van der Waals surface area contributed by atoms with Gasteiger partial charge in [0, 0.05) is 31.7 Å². The third-order valence-electron chi connectivity index (χ3n) is 3.94. The quantitative estimate of drug-likeness (QED) is 0.886. The summed E-state index contributed by atoms with van der Waals surface area (Å²) in [5, 5.41) is 0.475. The number of thiazole rings is 1. The third kappa shape index (κ3) is 3.17. The van der Waals surface area contributed by atoms with Crippen LogP contribution in [0.5, 0.6) is 0 Å². The molecule has 1 saturated heterocycles. The van der Waals surface area contributed by atoms with Gasteiger partial charge in [-0.3, -0.25) is 4.79 Å². The molecule has 2 heterocycles. The van der Waals surface area contributed by atoms with Crippen molar-refractivity contribution in [3.05, 3.63) is 23.8 Å². The molecule has 0 saturated carbocycles. The first-order valence-electron chi connectivity index (χ1n) is 7.34. The summed E-state index contributed by atoms with van der Waals surface area (Å²) >= 11 is 1.38. The van der Waals surface area contributed by atoms with Crippen molar-refractivity contribution in [2.45, 2.75) is 6.92 Å². The van der Waals surface area contributed by atoms with Crippen LogP contribution < -0.4 is 5.73 Å². The molecule has 3 rings (SSSR count). The van der Waals surface area contributed by atoms with Crippen molar-refractivity contribution < 1.29 is 13.2 Å². The van der Waals surface area contributed by atoms with Crippen LogP contribution in [0.2, 0.25) is 0 Å². The zero-order chi connectivity index (χ0) is 16.6. The van der Waals surface area contributed by atoms with E-state index in [4.69, 9.17) is 5.73 Å². The van der Waals surface area contributed by atoms with E-state index >= 15 is 0 Å². The van der Waals surface area contributed by atoms with Crippen LogP contribution in [-0.4, -0.2) is 60.4 Å². The van der Waals surface area contributed by atoms with E-state index in [1.165, 1.54) is 15.6 Å². The molecule has 1 amide bonds. The Morgan fingerprint density at radius 3 is 2.65 bits per heavy atom. The van der Waals surface area contributed by atoms with Crippen LogP contribution >= 0.6 is 11.3 Å². The number of anilines is 1. The molecule has 0 radical (unpaired) electrons. The molecular formula is C14H18N4O3S2. The van der Waals surface area contributed by atoms with E-state index in [0.717, 1.165) is 4.70 Å². The first-order chi connectivity index (χ1) is 10.9. The van der Waals surface area contributed by atoms with E-state index in [0.29, 0.717) is 42.4 Å². The molecule has 0 unspecified atom stereocenters. The number of aromatic nitrogens is 1. The molecule has 1 fully saturated rings. The normalized spacial score (nSPS) is 16.8. The summed E-state index contributed by atoms with van der Waals surface area (Å²) in [5.74, 6) is -0.0184. The highest BCUT2D eigenvalue weighted by atomic mass is 32.2. The van der Waals surface area contributed by atoms with Crippen LogP contribution in [0.15, 0.2) is 18.2 Å². The minimum Gasteiger partial charge on any atom is -0.375 e. The molecule has 0 spiro atoms. The summed E-state index contributed by atoms with van der Waals surface area (Å²) in [6, 6.07) is 5.34. The van der Waals surface area contributed by atoms with Crippen LogP contribution in [0.4, 0.5) is 5.13 Å². The Morgan fingerprint density at radius 2 is 2.00 bits per heavy atom. The van der Waals surface area contributed by atoms with Gasteiger partial charge in [-0.2, -0.15) is 4.31 Å². The van der Waals surface area contributed by atoms with Crippen LogP contribution in [0.1, 0.15) is 17.3 Å². The van der Waals surface area contributed by atoms with Crippen LogP contribution in [0.3, 0.4) is 0 Å². The summed E-state index contributed by atoms with van der Waals surface area (Å²) in [4.78, 5) is 18.5. The number of fused-ring (bicyclic) bond motifs is 1. The van der Waals surface area contributed by atoms with Crippen molar-refractivity contribution in [3.63, 3.8) is 0 Å². The highest BCUT2D eigenvalue weighted by molar-refractivity contribution is 7.89. The number of hydrogen-bond acceptors (Lipinski definition) is 6. The van der Waals surface area contributed by atoms with Crippen molar-refractivity contribution in [3.8, 4) is 0 Å². The fourth-order valence-corrected chi connectivity index (χ4v) is 4.41. The summed E-state index contributed by atoms with van der Waals surface area (Å²) in [6.45, 7) is 3.11. The zero-order valence-corrected chi connectivity index (χ0v) is 14.4. The number of piperazine rings is 1. The number of amides is 1. The molecule has 0 atom stereocenters. The molecule has 1 aliphatic heterocycles. The molecule has 1 aliphatic rings. The molecular weight excluding hydrogens is 336 g/mol. The molecule has 1 aromatic carbocycles. The number of carbonyl (C=O) groups is 1. The van der Waals surface area contributed by atoms with Gasteiger partial charge in [-0.25, -0.2) is 13.4 Å². The first-order valence-corrected chi connectivity index (χ1v) is 9.76. The second kappa shape index (κ2) is 6.06. The minimum atomic E-state index is -3.19. The highest BCUT2D eigenvalue weighted by Crippen LogP contribution is 2.25. The maximum atomic E-state index is 12.6. The number of nitrogens with two attached hydrogens (primary N) is 1. The average Bonchev–Trinajstić information content (AvgIpc) is 2.93. The Balaban J connectivity index is 1.73. The number of sulfonamides is 1. The molecule has 7 nitrogen and oxygen atoms in total. The predicted molar refractivity (Wildman–Crippen MR) is 91.0 cm³/mol. The predicted octanol–water partition coefficient (Wildman–Crippen LogP) is 0.986. The number of hydrogen-bond donors (Lipinski definition) is 1. The second-order valence-corrected chi connectivity index (χ2v) is 8.65. The molecule has 1 aromatic heterocycles. The van der Waals surface area contributed by atoms with Gasteiger partial charge in [-0.05, 0) is 25.1 Å². The molecule has 23 heavy (non-hydrogen) atoms. The Kier molecular flexibility index (Phi) is 4.26. The van der Waals surface area contributed by atoms with Crippen molar-refractivity contribution in [2.24, 2.45) is 0 Å². The van der Waals surface area contributed by atoms with E-state index in [1.807, 2.05) is 6.07 Å². The smallest absolute Gasteiger partial charge is 0.254 e. The van der Waals surface area contributed by atoms with Gasteiger partial charge < -0.3 is 10.6 Å². The van der Waals surface area contributed by atoms with Gasteiger partial charge in [0.05, 0.1) is 16.0 Å². The van der Waals surface area contributed by atoms with Gasteiger partial charge in [0.25, 0.3) is 5.91 Å². The van der Waals surface area contributed by atoms with Gasteiger partial charge in [-0.15, -0.1) is 0 Å². The maximum Gasteiger partial charge on any atom is 0.254 e. The maximum absolute atomic E-state index is 12.6. The van der Waals surface area contributed by atoms with E-state index in [1.54, 1.807) is 24.0 Å². The lowest BCUT2D eigenvalue weighted by molar-refractivity contribution is 0.0698. The van der Waals surface area contributed by atoms with Crippen LogP contribution in [0, 0.1) is 0 Å². The lowest BCUT2D eigenvalue weighted by Gasteiger charge is -2.33. The van der Waals surface area contributed by atoms with Crippen LogP contribution in [0.25, 0.3) is 10.2 Å². The Bertz CT molecular complexity index is 839. The van der Waals surface area contributed by atoms with E-state index in [-0.39, 0.29) is 11.7 Å². The van der Waals surface area contributed by atoms with E-state index in [9.17, 15) is 13.2 Å². The van der Waals surface area contributed by atoms with Crippen molar-refractivity contribution >= 4 is 42.6 Å². The molecule has 0 bridgehead atoms. The van der Waals surface area contributed by atoms with E-state index in [2.05, 4.69) is 4.98 Å². The number of rotatable bonds is 3. The molecule has 0 aliphatic carbocycles. The van der Waals surface area contributed by atoms with Gasteiger partial charge >= 0.3 is 0 Å². The van der Waals surface area contributed by atoms with E-state index < -0.39 is 10.0 Å². The Hall–Kier alpha value is -1.71. The zero-order valence-electron chi connectivity index (χ0n) is 12.7. The summed E-state index contributed by atoms with van der Waals surface area (Å²) in [6.07, 6.45) is 0. The largest absolute Gasteiger partial charge is 0.375 e. The third-order valence-corrected chi connectivity index (χ3v) is 6.68. The topological polar surface area (TPSA) is 96.6 Å². The fraction of sp³-hybridized carbons (Fsp3) is 0.429. The van der Waals surface area contributed by atoms with Crippen molar-refractivity contribution in [1.82, 2.24) is 14.2 Å². The SMILES string of the molecule is CCS(=O)(=O)N1CCN(C(=O)c2ccc3sc(N)nc3c2)CC1. The van der Waals surface area contributed by atoms with Gasteiger partial charge in [0.15, 0.2) is 5.13 Å². The minimum absolute atomic E-state index is 0.0862. The molecule has 2 N–H and O–H groups in total. The summed E-state index contributed by atoms with van der Waals surface area (Å²) < 4.78 is 26.1. The molecule has 2 aromatic rings. The fourth-order valence-electron chi connectivity index (χ4n) is 2.61. The van der Waals surface area contributed by atoms with Crippen molar-refractivity contribution in [1.29, 1.82) is 0 Å². The van der Waals surface area contributed by atoms with Crippen LogP contribution in [-0.2, 0) is 10.0 Å². The summed E-state index contributed by atoms with van der Waals surface area (Å²) in [5.41, 5.74) is 6.94. The van der Waals surface area contributed by atoms with Gasteiger partial charge in [0.1, 0.15) is 0 Å². The monoisotopic (exact) mass is 354 g/mol. The molecule has 124 valence electrons. The first kappa shape index (κ1) is 16.2. The van der Waals surface area contributed by atoms with Crippen molar-refractivity contribution in [2.75, 3.05) is 37.7 Å². The molecule has 9 heteroatoms. The van der Waals surface area contributed by atoms with Gasteiger partial charge in [-0.1, -0.05) is 11.3 Å². The average molecular weight is 354 g/mol. The summed E-state index contributed by atoms with van der Waals surface area (Å²) in [7, 11) is -3.19. The lowest BCUT2D eigenvalue weighted by Crippen LogP contribution is -2.50. The Labute approximate surface area is 138 Å². The standard InChI is InChI=1S/C14H18N4O3S2/c1-2-23(20,21)18-7-5-17(6-8-18)13(19)10-3-4-12-11(9-10)16-14(15)22-12/h3-4,9H,2,5-8H2,1H3,(H2,15,16). The highest BCUT2D eigenvalue weighted by Gasteiger charge is 2.28. The van der Waals surface area contributed by atoms with Gasteiger partial charge in [0.2, 0.25) is 10.0 Å². The second-order valence-electron chi connectivity index (χ2n) is 5.33. The number of carbonyl (C=O) groups excluding carboxylic acids is 1. The lowest BCUT2D eigenvalue weighted by atomic mass is 10.1.